The predicted octanol–water partition coefficient (Wildman–Crippen LogP) is -0.883. The van der Waals surface area contributed by atoms with Crippen molar-refractivity contribution in [3.8, 4) is 0 Å². The topological polar surface area (TPSA) is 94.8 Å². The molecule has 2 rings (SSSR count). The molecule has 20 heavy (non-hydrogen) atoms. The quantitative estimate of drug-likeness (QED) is 0.653. The van der Waals surface area contributed by atoms with Gasteiger partial charge in [-0.25, -0.2) is 4.79 Å². The molecular weight excluding hydrogens is 262 g/mol. The number of pyridine rings is 1. The van der Waals surface area contributed by atoms with Crippen molar-refractivity contribution in [1.29, 1.82) is 0 Å². The van der Waals surface area contributed by atoms with Gasteiger partial charge < -0.3 is 25.0 Å². The first-order valence-electron chi connectivity index (χ1n) is 6.62. The normalized spacial score (nSPS) is 16.9. The summed E-state index contributed by atoms with van der Waals surface area (Å²) >= 11 is 0. The molecule has 0 saturated carbocycles. The fraction of sp³-hybridized carbons (Fsp3) is 0.538. The highest BCUT2D eigenvalue weighted by Gasteiger charge is 2.19. The van der Waals surface area contributed by atoms with Gasteiger partial charge in [0.05, 0.1) is 25.8 Å². The molecule has 2 heterocycles. The average molecular weight is 281 g/mol. The van der Waals surface area contributed by atoms with Crippen LogP contribution in [0.25, 0.3) is 0 Å². The summed E-state index contributed by atoms with van der Waals surface area (Å²) in [6.45, 7) is 1.18. The lowest BCUT2D eigenvalue weighted by molar-refractivity contribution is 0.0802. The van der Waals surface area contributed by atoms with Crippen LogP contribution in [-0.4, -0.2) is 51.5 Å². The zero-order valence-electron chi connectivity index (χ0n) is 11.2. The maximum absolute atomic E-state index is 12.2. The number of hydrogen-bond donors (Lipinski definition) is 3. The Hall–Kier alpha value is -1.86. The molecule has 0 spiro atoms. The summed E-state index contributed by atoms with van der Waals surface area (Å²) in [6.07, 6.45) is 1.44. The van der Waals surface area contributed by atoms with Gasteiger partial charge in [0, 0.05) is 24.8 Å². The number of rotatable bonds is 5. The Balaban J connectivity index is 2.14. The molecule has 0 aromatic carbocycles. The second-order valence-corrected chi connectivity index (χ2v) is 4.83. The average Bonchev–Trinajstić information content (AvgIpc) is 2.45. The molecule has 1 aromatic rings. The number of aromatic nitrogens is 1. The van der Waals surface area contributed by atoms with Crippen molar-refractivity contribution in [2.45, 2.75) is 25.6 Å². The minimum Gasteiger partial charge on any atom is -0.394 e. The molecule has 7 nitrogen and oxygen atoms in total. The van der Waals surface area contributed by atoms with Crippen LogP contribution in [0.1, 0.15) is 12.0 Å². The van der Waals surface area contributed by atoms with Crippen LogP contribution in [0.5, 0.6) is 0 Å². The van der Waals surface area contributed by atoms with Crippen LogP contribution in [0.4, 0.5) is 4.79 Å². The molecule has 3 N–H and O–H groups in total. The van der Waals surface area contributed by atoms with Crippen molar-refractivity contribution in [3.63, 3.8) is 0 Å². The molecule has 1 aromatic heterocycles. The summed E-state index contributed by atoms with van der Waals surface area (Å²) in [5.74, 6) is 0. The van der Waals surface area contributed by atoms with Gasteiger partial charge in [-0.3, -0.25) is 4.79 Å². The second kappa shape index (κ2) is 6.53. The number of carbonyl (C=O) groups is 1. The van der Waals surface area contributed by atoms with Crippen LogP contribution < -0.4 is 10.9 Å². The van der Waals surface area contributed by atoms with Crippen molar-refractivity contribution in [3.05, 3.63) is 34.2 Å². The van der Waals surface area contributed by atoms with Crippen molar-refractivity contribution in [2.75, 3.05) is 19.7 Å². The van der Waals surface area contributed by atoms with E-state index in [1.165, 1.54) is 4.57 Å². The standard InChI is InChI=1S/C13H19N3O4/c17-9-11(18)8-15-5-1-3-10(12(15)19)7-16-6-2-4-14-13(16)20/h1,3,5,11,17-18H,2,4,6-9H2,(H,14,20). The first kappa shape index (κ1) is 14.5. The molecule has 2 amide bonds. The molecule has 7 heteroatoms. The van der Waals surface area contributed by atoms with Crippen LogP contribution in [0.2, 0.25) is 0 Å². The minimum atomic E-state index is -0.971. The smallest absolute Gasteiger partial charge is 0.317 e. The number of urea groups is 1. The van der Waals surface area contributed by atoms with Gasteiger partial charge in [0.2, 0.25) is 0 Å². The highest BCUT2D eigenvalue weighted by atomic mass is 16.3. The molecule has 1 atom stereocenters. The lowest BCUT2D eigenvalue weighted by atomic mass is 10.2. The van der Waals surface area contributed by atoms with E-state index in [2.05, 4.69) is 5.32 Å². The first-order chi connectivity index (χ1) is 9.61. The second-order valence-electron chi connectivity index (χ2n) is 4.83. The predicted molar refractivity (Wildman–Crippen MR) is 72.2 cm³/mol. The Bertz CT molecular complexity index is 529. The van der Waals surface area contributed by atoms with Gasteiger partial charge in [-0.05, 0) is 12.5 Å². The molecule has 0 aliphatic carbocycles. The van der Waals surface area contributed by atoms with Crippen LogP contribution in [-0.2, 0) is 13.1 Å². The fourth-order valence-electron chi connectivity index (χ4n) is 2.17. The third-order valence-corrected chi connectivity index (χ3v) is 3.25. The summed E-state index contributed by atoms with van der Waals surface area (Å²) in [4.78, 5) is 25.5. The number of nitrogens with one attached hydrogen (secondary N) is 1. The van der Waals surface area contributed by atoms with E-state index in [0.717, 1.165) is 6.42 Å². The summed E-state index contributed by atoms with van der Waals surface area (Å²) < 4.78 is 1.35. The number of carbonyl (C=O) groups excluding carboxylic acids is 1. The van der Waals surface area contributed by atoms with E-state index in [-0.39, 0.29) is 24.7 Å². The Kier molecular flexibility index (Phi) is 4.75. The first-order valence-corrected chi connectivity index (χ1v) is 6.62. The summed E-state index contributed by atoms with van der Waals surface area (Å²) in [5, 5.41) is 21.0. The Labute approximate surface area is 116 Å². The van der Waals surface area contributed by atoms with Crippen molar-refractivity contribution < 1.29 is 15.0 Å². The largest absolute Gasteiger partial charge is 0.394 e. The van der Waals surface area contributed by atoms with E-state index in [1.54, 1.807) is 23.2 Å². The number of hydrogen-bond acceptors (Lipinski definition) is 4. The highest BCUT2D eigenvalue weighted by molar-refractivity contribution is 5.74. The third kappa shape index (κ3) is 3.37. The van der Waals surface area contributed by atoms with Gasteiger partial charge in [-0.15, -0.1) is 0 Å². The number of amides is 2. The molecule has 1 saturated heterocycles. The monoisotopic (exact) mass is 281 g/mol. The van der Waals surface area contributed by atoms with Crippen LogP contribution in [0.3, 0.4) is 0 Å². The molecule has 0 bridgehead atoms. The maximum atomic E-state index is 12.2. The van der Waals surface area contributed by atoms with Crippen LogP contribution >= 0.6 is 0 Å². The van der Waals surface area contributed by atoms with E-state index in [4.69, 9.17) is 5.11 Å². The van der Waals surface area contributed by atoms with Crippen LogP contribution in [0.15, 0.2) is 23.1 Å². The van der Waals surface area contributed by atoms with Gasteiger partial charge in [-0.2, -0.15) is 0 Å². The molecule has 1 unspecified atom stereocenters. The number of aliphatic hydroxyl groups excluding tert-OH is 2. The summed E-state index contributed by atoms with van der Waals surface area (Å²) in [5.41, 5.74) is 0.244. The summed E-state index contributed by atoms with van der Waals surface area (Å²) in [7, 11) is 0. The Morgan fingerprint density at radius 1 is 1.40 bits per heavy atom. The molecule has 1 aliphatic rings. The lowest BCUT2D eigenvalue weighted by Crippen LogP contribution is -2.46. The lowest BCUT2D eigenvalue weighted by Gasteiger charge is -2.27. The maximum Gasteiger partial charge on any atom is 0.317 e. The van der Waals surface area contributed by atoms with E-state index < -0.39 is 12.7 Å². The Morgan fingerprint density at radius 2 is 2.20 bits per heavy atom. The highest BCUT2D eigenvalue weighted by Crippen LogP contribution is 2.05. The van der Waals surface area contributed by atoms with Gasteiger partial charge in [0.1, 0.15) is 0 Å². The van der Waals surface area contributed by atoms with Crippen molar-refractivity contribution >= 4 is 6.03 Å². The zero-order chi connectivity index (χ0) is 14.5. The van der Waals surface area contributed by atoms with Crippen molar-refractivity contribution in [1.82, 2.24) is 14.8 Å². The summed E-state index contributed by atoms with van der Waals surface area (Å²) in [6, 6.07) is 3.20. The van der Waals surface area contributed by atoms with E-state index >= 15 is 0 Å². The van der Waals surface area contributed by atoms with Gasteiger partial charge >= 0.3 is 6.03 Å². The zero-order valence-corrected chi connectivity index (χ0v) is 11.2. The minimum absolute atomic E-state index is 0.0371. The van der Waals surface area contributed by atoms with Gasteiger partial charge in [-0.1, -0.05) is 6.07 Å². The van der Waals surface area contributed by atoms with E-state index in [9.17, 15) is 14.7 Å². The van der Waals surface area contributed by atoms with Crippen LogP contribution in [0, 0.1) is 0 Å². The molecule has 1 aliphatic heterocycles. The molecule has 1 fully saturated rings. The molecule has 0 radical (unpaired) electrons. The number of nitrogens with zero attached hydrogens (tertiary/aromatic N) is 2. The van der Waals surface area contributed by atoms with E-state index in [1.807, 2.05) is 0 Å². The fourth-order valence-corrected chi connectivity index (χ4v) is 2.17. The van der Waals surface area contributed by atoms with E-state index in [0.29, 0.717) is 18.7 Å². The molecular formula is C13H19N3O4. The van der Waals surface area contributed by atoms with Crippen molar-refractivity contribution in [2.24, 2.45) is 0 Å². The SMILES string of the molecule is O=C1NCCCN1Cc1cccn(CC(O)CO)c1=O. The third-order valence-electron chi connectivity index (χ3n) is 3.25. The molecule has 110 valence electrons. The Morgan fingerprint density at radius 3 is 2.90 bits per heavy atom. The number of aliphatic hydroxyl groups is 2. The van der Waals surface area contributed by atoms with Gasteiger partial charge in [0.15, 0.2) is 0 Å². The van der Waals surface area contributed by atoms with Gasteiger partial charge in [0.25, 0.3) is 5.56 Å².